The SMILES string of the molecule is O=C(O)NC1c2ccc(-c3cccc(F)c3)cc2CCC12CC2. The van der Waals surface area contributed by atoms with Gasteiger partial charge in [-0.25, -0.2) is 9.18 Å². The molecule has 0 aliphatic heterocycles. The second-order valence-corrected chi connectivity index (χ2v) is 6.67. The molecule has 1 fully saturated rings. The van der Waals surface area contributed by atoms with E-state index in [2.05, 4.69) is 11.4 Å². The van der Waals surface area contributed by atoms with E-state index in [1.54, 1.807) is 6.07 Å². The van der Waals surface area contributed by atoms with Crippen LogP contribution in [-0.4, -0.2) is 11.2 Å². The molecule has 23 heavy (non-hydrogen) atoms. The first kappa shape index (κ1) is 14.2. The van der Waals surface area contributed by atoms with Crippen LogP contribution < -0.4 is 5.32 Å². The number of aryl methyl sites for hydroxylation is 1. The second kappa shape index (κ2) is 5.08. The lowest BCUT2D eigenvalue weighted by Gasteiger charge is -2.34. The van der Waals surface area contributed by atoms with E-state index >= 15 is 0 Å². The number of nitrogens with one attached hydrogen (secondary N) is 1. The molecule has 4 heteroatoms. The minimum absolute atomic E-state index is 0.117. The maximum atomic E-state index is 13.4. The van der Waals surface area contributed by atoms with Crippen LogP contribution in [0.1, 0.15) is 36.4 Å². The average Bonchev–Trinajstić information content (AvgIpc) is 3.30. The van der Waals surface area contributed by atoms with Gasteiger partial charge in [-0.3, -0.25) is 0 Å². The molecule has 2 N–H and O–H groups in total. The van der Waals surface area contributed by atoms with Crippen molar-refractivity contribution in [3.63, 3.8) is 0 Å². The molecule has 2 aliphatic rings. The van der Waals surface area contributed by atoms with Crippen LogP contribution in [0.15, 0.2) is 42.5 Å². The Morgan fingerprint density at radius 2 is 1.91 bits per heavy atom. The number of amides is 1. The van der Waals surface area contributed by atoms with E-state index in [1.165, 1.54) is 17.7 Å². The fourth-order valence-electron chi connectivity index (χ4n) is 3.86. The van der Waals surface area contributed by atoms with Gasteiger partial charge in [-0.15, -0.1) is 0 Å². The summed E-state index contributed by atoms with van der Waals surface area (Å²) in [5, 5.41) is 11.9. The fraction of sp³-hybridized carbons (Fsp3) is 0.316. The molecule has 1 amide bonds. The molecule has 4 rings (SSSR count). The molecule has 1 saturated carbocycles. The molecule has 0 heterocycles. The van der Waals surface area contributed by atoms with Gasteiger partial charge in [-0.2, -0.15) is 0 Å². The van der Waals surface area contributed by atoms with Crippen molar-refractivity contribution in [2.24, 2.45) is 5.41 Å². The zero-order valence-corrected chi connectivity index (χ0v) is 12.7. The maximum Gasteiger partial charge on any atom is 0.405 e. The van der Waals surface area contributed by atoms with Crippen LogP contribution in [0.2, 0.25) is 0 Å². The fourth-order valence-corrected chi connectivity index (χ4v) is 3.86. The van der Waals surface area contributed by atoms with Crippen molar-refractivity contribution in [1.29, 1.82) is 0 Å². The summed E-state index contributed by atoms with van der Waals surface area (Å²) in [6.07, 6.45) is 3.17. The van der Waals surface area contributed by atoms with Gasteiger partial charge in [-0.05, 0) is 65.5 Å². The molecule has 3 nitrogen and oxygen atoms in total. The van der Waals surface area contributed by atoms with E-state index in [0.29, 0.717) is 0 Å². The predicted octanol–water partition coefficient (Wildman–Crippen LogP) is 4.53. The number of hydrogen-bond donors (Lipinski definition) is 2. The summed E-state index contributed by atoms with van der Waals surface area (Å²) in [7, 11) is 0. The molecule has 0 radical (unpaired) electrons. The van der Waals surface area contributed by atoms with Crippen molar-refractivity contribution < 1.29 is 14.3 Å². The normalized spacial score (nSPS) is 20.8. The van der Waals surface area contributed by atoms with Gasteiger partial charge in [0, 0.05) is 0 Å². The van der Waals surface area contributed by atoms with Crippen LogP contribution in [0.25, 0.3) is 11.1 Å². The summed E-state index contributed by atoms with van der Waals surface area (Å²) in [4.78, 5) is 11.2. The van der Waals surface area contributed by atoms with Gasteiger partial charge in [0.25, 0.3) is 0 Å². The van der Waals surface area contributed by atoms with Crippen LogP contribution in [0.3, 0.4) is 0 Å². The van der Waals surface area contributed by atoms with Crippen molar-refractivity contribution >= 4 is 6.09 Å². The van der Waals surface area contributed by atoms with E-state index in [-0.39, 0.29) is 17.3 Å². The molecule has 0 bridgehead atoms. The Morgan fingerprint density at radius 3 is 2.61 bits per heavy atom. The zero-order valence-electron chi connectivity index (χ0n) is 12.7. The number of benzene rings is 2. The van der Waals surface area contributed by atoms with E-state index in [0.717, 1.165) is 42.4 Å². The summed E-state index contributed by atoms with van der Waals surface area (Å²) in [6.45, 7) is 0. The number of carboxylic acid groups (broad SMARTS) is 1. The first-order chi connectivity index (χ1) is 11.1. The standard InChI is InChI=1S/C19H18FNO2/c20-15-3-1-2-12(11-15)13-4-5-16-14(10-13)6-7-19(8-9-19)17(16)21-18(22)23/h1-5,10-11,17,21H,6-9H2,(H,22,23). The molecule has 2 aromatic rings. The van der Waals surface area contributed by atoms with Crippen LogP contribution in [0, 0.1) is 11.2 Å². The smallest absolute Gasteiger partial charge is 0.405 e. The number of rotatable bonds is 2. The highest BCUT2D eigenvalue weighted by molar-refractivity contribution is 5.68. The average molecular weight is 311 g/mol. The summed E-state index contributed by atoms with van der Waals surface area (Å²) >= 11 is 0. The number of halogens is 1. The van der Waals surface area contributed by atoms with E-state index in [1.807, 2.05) is 18.2 Å². The molecular weight excluding hydrogens is 293 g/mol. The predicted molar refractivity (Wildman–Crippen MR) is 85.7 cm³/mol. The number of fused-ring (bicyclic) bond motifs is 1. The summed E-state index contributed by atoms with van der Waals surface area (Å²) < 4.78 is 13.4. The highest BCUT2D eigenvalue weighted by Gasteiger charge is 2.52. The van der Waals surface area contributed by atoms with Crippen LogP contribution in [-0.2, 0) is 6.42 Å². The maximum absolute atomic E-state index is 13.4. The Balaban J connectivity index is 1.73. The molecule has 2 aliphatic carbocycles. The lowest BCUT2D eigenvalue weighted by atomic mass is 9.76. The van der Waals surface area contributed by atoms with Crippen molar-refractivity contribution in [3.05, 3.63) is 59.4 Å². The third-order valence-corrected chi connectivity index (χ3v) is 5.28. The Morgan fingerprint density at radius 1 is 1.13 bits per heavy atom. The van der Waals surface area contributed by atoms with Crippen LogP contribution in [0.4, 0.5) is 9.18 Å². The first-order valence-corrected chi connectivity index (χ1v) is 7.96. The molecule has 1 spiro atoms. The molecule has 1 atom stereocenters. The Labute approximate surface area is 134 Å². The zero-order chi connectivity index (χ0) is 16.0. The molecular formula is C19H18FNO2. The first-order valence-electron chi connectivity index (χ1n) is 7.96. The largest absolute Gasteiger partial charge is 0.465 e. The highest BCUT2D eigenvalue weighted by Crippen LogP contribution is 2.60. The number of carbonyl (C=O) groups is 1. The van der Waals surface area contributed by atoms with Gasteiger partial charge in [-0.1, -0.05) is 30.3 Å². The third kappa shape index (κ3) is 2.48. The minimum Gasteiger partial charge on any atom is -0.465 e. The summed E-state index contributed by atoms with van der Waals surface area (Å²) in [5.41, 5.74) is 4.19. The van der Waals surface area contributed by atoms with Crippen LogP contribution >= 0.6 is 0 Å². The van der Waals surface area contributed by atoms with E-state index < -0.39 is 6.09 Å². The molecule has 0 saturated heterocycles. The lowest BCUT2D eigenvalue weighted by molar-refractivity contribution is 0.178. The van der Waals surface area contributed by atoms with Crippen LogP contribution in [0.5, 0.6) is 0 Å². The topological polar surface area (TPSA) is 49.3 Å². The van der Waals surface area contributed by atoms with E-state index in [4.69, 9.17) is 5.11 Å². The highest BCUT2D eigenvalue weighted by atomic mass is 19.1. The quantitative estimate of drug-likeness (QED) is 0.856. The van der Waals surface area contributed by atoms with Gasteiger partial charge < -0.3 is 10.4 Å². The van der Waals surface area contributed by atoms with Crippen molar-refractivity contribution in [2.45, 2.75) is 31.7 Å². The Bertz CT molecular complexity index is 783. The molecule has 118 valence electrons. The van der Waals surface area contributed by atoms with Gasteiger partial charge in [0.1, 0.15) is 5.82 Å². The summed E-state index contributed by atoms with van der Waals surface area (Å²) in [6, 6.07) is 12.5. The molecule has 2 aromatic carbocycles. The van der Waals surface area contributed by atoms with Gasteiger partial charge in [0.05, 0.1) is 6.04 Å². The van der Waals surface area contributed by atoms with Crippen molar-refractivity contribution in [2.75, 3.05) is 0 Å². The Kier molecular flexibility index (Phi) is 3.15. The lowest BCUT2D eigenvalue weighted by Crippen LogP contribution is -2.36. The van der Waals surface area contributed by atoms with Crippen molar-refractivity contribution in [3.8, 4) is 11.1 Å². The Hall–Kier alpha value is -2.36. The van der Waals surface area contributed by atoms with Gasteiger partial charge in [0.15, 0.2) is 0 Å². The second-order valence-electron chi connectivity index (χ2n) is 6.67. The molecule has 1 unspecified atom stereocenters. The van der Waals surface area contributed by atoms with Crippen molar-refractivity contribution in [1.82, 2.24) is 5.32 Å². The van der Waals surface area contributed by atoms with Gasteiger partial charge >= 0.3 is 6.09 Å². The summed E-state index contributed by atoms with van der Waals surface area (Å²) in [5.74, 6) is -0.248. The molecule has 0 aromatic heterocycles. The number of hydrogen-bond acceptors (Lipinski definition) is 1. The van der Waals surface area contributed by atoms with Gasteiger partial charge in [0.2, 0.25) is 0 Å². The van der Waals surface area contributed by atoms with E-state index in [9.17, 15) is 9.18 Å². The third-order valence-electron chi connectivity index (χ3n) is 5.28. The monoisotopic (exact) mass is 311 g/mol. The minimum atomic E-state index is -0.969.